The van der Waals surface area contributed by atoms with Crippen molar-refractivity contribution in [2.75, 3.05) is 5.32 Å². The maximum absolute atomic E-state index is 13.6. The Morgan fingerprint density at radius 2 is 1.74 bits per heavy atom. The van der Waals surface area contributed by atoms with Crippen LogP contribution in [-0.4, -0.2) is 63.3 Å². The second-order valence-electron chi connectivity index (χ2n) is 13.8. The Balaban J connectivity index is 0.945. The first kappa shape index (κ1) is 33.1. The Bertz CT molecular complexity index is 2070. The fourth-order valence-electron chi connectivity index (χ4n) is 6.97. The standard InChI is InChI=1S/C35H34Cl2N6O6S/c1-35(9-10-35)50(46,47)42-33(44)25-8-7-21(11-26(25)20-15-38-18-39-16-20)40-34(45)43-22-12-23(43)14-24(13-22)48-17-27-31(41-49-32(27)19-5-6-19)30-28(36)3-2-4-29(30)37/h2-4,7-8,11,15-16,18-19,22-24H,5-6,9-10,12-14,17H2,1H3,(H,40,45)(H,42,44). The van der Waals surface area contributed by atoms with Crippen molar-refractivity contribution in [1.82, 2.24) is 24.7 Å². The zero-order chi connectivity index (χ0) is 34.8. The Kier molecular flexibility index (Phi) is 8.36. The van der Waals surface area contributed by atoms with Gasteiger partial charge in [0.15, 0.2) is 0 Å². The molecule has 2 aliphatic heterocycles. The highest BCUT2D eigenvalue weighted by molar-refractivity contribution is 7.91. The van der Waals surface area contributed by atoms with E-state index < -0.39 is 20.7 Å². The van der Waals surface area contributed by atoms with Crippen LogP contribution in [-0.2, 0) is 21.4 Å². The van der Waals surface area contributed by atoms with Crippen molar-refractivity contribution in [2.24, 2.45) is 0 Å². The third-order valence-electron chi connectivity index (χ3n) is 10.3. The van der Waals surface area contributed by atoms with Crippen LogP contribution in [0.15, 0.2) is 59.6 Å². The van der Waals surface area contributed by atoms with Gasteiger partial charge in [-0.15, -0.1) is 0 Å². The van der Waals surface area contributed by atoms with Gasteiger partial charge in [0.25, 0.3) is 5.91 Å². The molecule has 0 spiro atoms. The molecule has 12 nitrogen and oxygen atoms in total. The van der Waals surface area contributed by atoms with Gasteiger partial charge in [-0.2, -0.15) is 0 Å². The molecule has 2 atom stereocenters. The minimum atomic E-state index is -3.86. The lowest BCUT2D eigenvalue weighted by molar-refractivity contribution is -0.0837. The topological polar surface area (TPSA) is 157 Å². The number of anilines is 1. The minimum absolute atomic E-state index is 0.00245. The fourth-order valence-corrected chi connectivity index (χ4v) is 8.79. The summed E-state index contributed by atoms with van der Waals surface area (Å²) >= 11 is 13.0. The molecule has 4 aromatic rings. The van der Waals surface area contributed by atoms with E-state index >= 15 is 0 Å². The highest BCUT2D eigenvalue weighted by Crippen LogP contribution is 2.47. The van der Waals surface area contributed by atoms with Gasteiger partial charge in [-0.3, -0.25) is 4.79 Å². The van der Waals surface area contributed by atoms with Gasteiger partial charge in [0.05, 0.1) is 27.5 Å². The number of nitrogens with one attached hydrogen (secondary N) is 2. The van der Waals surface area contributed by atoms with E-state index in [1.165, 1.54) is 24.8 Å². The second kappa shape index (κ2) is 12.6. The zero-order valence-electron chi connectivity index (χ0n) is 27.1. The maximum atomic E-state index is 13.6. The van der Waals surface area contributed by atoms with E-state index in [-0.39, 0.29) is 29.8 Å². The van der Waals surface area contributed by atoms with Crippen molar-refractivity contribution in [3.8, 4) is 22.4 Å². The number of fused-ring (bicyclic) bond motifs is 2. The first-order valence-corrected chi connectivity index (χ1v) is 18.8. The fraction of sp³-hybridized carbons (Fsp3) is 0.400. The number of carbonyl (C=O) groups is 2. The van der Waals surface area contributed by atoms with Gasteiger partial charge < -0.3 is 19.5 Å². The number of ether oxygens (including phenoxy) is 1. The SMILES string of the molecule is CC1(S(=O)(=O)NC(=O)c2ccc(NC(=O)N3C4CC(OCc5c(-c6c(Cl)cccc6Cl)noc5C5CC5)CC3C4)cc2-c2cncnc2)CC1. The molecule has 3 aliphatic carbocycles. The first-order chi connectivity index (χ1) is 24.0. The molecule has 50 heavy (non-hydrogen) atoms. The highest BCUT2D eigenvalue weighted by Gasteiger charge is 2.51. The van der Waals surface area contributed by atoms with E-state index in [9.17, 15) is 18.0 Å². The van der Waals surface area contributed by atoms with Crippen LogP contribution in [0.2, 0.25) is 10.0 Å². The third-order valence-corrected chi connectivity index (χ3v) is 13.1. The largest absolute Gasteiger partial charge is 0.373 e. The summed E-state index contributed by atoms with van der Waals surface area (Å²) in [7, 11) is -3.86. The van der Waals surface area contributed by atoms with Crippen LogP contribution in [0.25, 0.3) is 22.4 Å². The molecule has 2 aromatic heterocycles. The summed E-state index contributed by atoms with van der Waals surface area (Å²) < 4.78 is 39.1. The summed E-state index contributed by atoms with van der Waals surface area (Å²) in [6.45, 7) is 1.91. The molecule has 0 radical (unpaired) electrons. The molecule has 15 heteroatoms. The highest BCUT2D eigenvalue weighted by atomic mass is 35.5. The number of amides is 3. The van der Waals surface area contributed by atoms with Gasteiger partial charge in [-0.1, -0.05) is 34.4 Å². The number of aromatic nitrogens is 3. The smallest absolute Gasteiger partial charge is 0.322 e. The van der Waals surface area contributed by atoms with Crippen molar-refractivity contribution in [3.63, 3.8) is 0 Å². The van der Waals surface area contributed by atoms with Crippen molar-refractivity contribution in [3.05, 3.63) is 82.1 Å². The minimum Gasteiger partial charge on any atom is -0.373 e. The maximum Gasteiger partial charge on any atom is 0.322 e. The molecule has 2 unspecified atom stereocenters. The van der Waals surface area contributed by atoms with E-state index in [2.05, 4.69) is 25.2 Å². The summed E-state index contributed by atoms with van der Waals surface area (Å²) in [6, 6.07) is 9.82. The van der Waals surface area contributed by atoms with Gasteiger partial charge in [0.2, 0.25) is 10.0 Å². The first-order valence-electron chi connectivity index (χ1n) is 16.6. The quantitative estimate of drug-likeness (QED) is 0.176. The van der Waals surface area contributed by atoms with Crippen molar-refractivity contribution >= 4 is 50.9 Å². The molecule has 3 amide bonds. The molecule has 4 heterocycles. The van der Waals surface area contributed by atoms with E-state index in [0.717, 1.165) is 30.6 Å². The van der Waals surface area contributed by atoms with Crippen molar-refractivity contribution in [1.29, 1.82) is 0 Å². The predicted molar refractivity (Wildman–Crippen MR) is 186 cm³/mol. The lowest BCUT2D eigenvalue weighted by Crippen LogP contribution is -2.65. The summed E-state index contributed by atoms with van der Waals surface area (Å²) in [5, 5.41) is 8.32. The van der Waals surface area contributed by atoms with E-state index in [4.69, 9.17) is 32.5 Å². The van der Waals surface area contributed by atoms with Crippen LogP contribution in [0, 0.1) is 0 Å². The van der Waals surface area contributed by atoms with E-state index in [1.54, 1.807) is 37.3 Å². The second-order valence-corrected chi connectivity index (χ2v) is 16.8. The molecule has 5 aliphatic rings. The number of nitrogens with zero attached hydrogens (tertiary/aromatic N) is 4. The van der Waals surface area contributed by atoms with Crippen LogP contribution < -0.4 is 10.0 Å². The Labute approximate surface area is 298 Å². The number of carbonyl (C=O) groups excluding carboxylic acids is 2. The van der Waals surface area contributed by atoms with Crippen molar-refractivity contribution in [2.45, 2.75) is 87.3 Å². The van der Waals surface area contributed by atoms with Gasteiger partial charge in [0, 0.05) is 58.3 Å². The van der Waals surface area contributed by atoms with Crippen LogP contribution >= 0.6 is 23.2 Å². The Morgan fingerprint density at radius 1 is 1.04 bits per heavy atom. The molecular formula is C35H34Cl2N6O6S. The molecule has 9 rings (SSSR count). The number of urea groups is 1. The average molecular weight is 738 g/mol. The summed E-state index contributed by atoms with van der Waals surface area (Å²) in [5.41, 5.74) is 3.58. The number of hydrogen-bond acceptors (Lipinski definition) is 9. The molecule has 3 saturated carbocycles. The van der Waals surface area contributed by atoms with Gasteiger partial charge in [0.1, 0.15) is 17.8 Å². The number of benzene rings is 2. The van der Waals surface area contributed by atoms with Gasteiger partial charge in [-0.25, -0.2) is 27.9 Å². The normalized spacial score (nSPS) is 22.1. The molecule has 5 fully saturated rings. The van der Waals surface area contributed by atoms with E-state index in [0.29, 0.717) is 76.3 Å². The number of sulfonamides is 1. The lowest BCUT2D eigenvalue weighted by Gasteiger charge is -2.54. The van der Waals surface area contributed by atoms with E-state index in [1.807, 2.05) is 4.90 Å². The van der Waals surface area contributed by atoms with Crippen molar-refractivity contribution < 1.29 is 27.3 Å². The summed E-state index contributed by atoms with van der Waals surface area (Å²) in [5.74, 6) is 0.380. The van der Waals surface area contributed by atoms with Gasteiger partial charge >= 0.3 is 6.03 Å². The summed E-state index contributed by atoms with van der Waals surface area (Å²) in [4.78, 5) is 36.8. The number of halogens is 2. The Morgan fingerprint density at radius 3 is 2.40 bits per heavy atom. The lowest BCUT2D eigenvalue weighted by atomic mass is 9.78. The average Bonchev–Trinajstić information content (AvgIpc) is 4.03. The van der Waals surface area contributed by atoms with Crippen LogP contribution in [0.3, 0.4) is 0 Å². The van der Waals surface area contributed by atoms with Crippen LogP contribution in [0.1, 0.15) is 79.5 Å². The number of piperidine rings is 1. The molecule has 2 aromatic carbocycles. The predicted octanol–water partition coefficient (Wildman–Crippen LogP) is 6.95. The summed E-state index contributed by atoms with van der Waals surface area (Å²) in [6.07, 6.45) is 9.65. The molecule has 2 N–H and O–H groups in total. The number of hydrogen-bond donors (Lipinski definition) is 2. The molecule has 2 saturated heterocycles. The Hall–Kier alpha value is -4.04. The third kappa shape index (κ3) is 6.14. The van der Waals surface area contributed by atoms with Crippen LogP contribution in [0.4, 0.5) is 10.5 Å². The molecule has 2 bridgehead atoms. The number of rotatable bonds is 10. The van der Waals surface area contributed by atoms with Gasteiger partial charge in [-0.05, 0) is 87.8 Å². The monoisotopic (exact) mass is 736 g/mol. The molecular weight excluding hydrogens is 703 g/mol. The molecule has 260 valence electrons. The zero-order valence-corrected chi connectivity index (χ0v) is 29.4. The van der Waals surface area contributed by atoms with Crippen LogP contribution in [0.5, 0.6) is 0 Å².